The van der Waals surface area contributed by atoms with Gasteiger partial charge in [0, 0.05) is 17.6 Å². The van der Waals surface area contributed by atoms with Crippen molar-refractivity contribution in [2.75, 3.05) is 19.1 Å². The van der Waals surface area contributed by atoms with Crippen molar-refractivity contribution in [1.82, 2.24) is 0 Å². The smallest absolute Gasteiger partial charge is 0.339 e. The van der Waals surface area contributed by atoms with E-state index in [1.807, 2.05) is 0 Å². The molecule has 0 saturated carbocycles. The van der Waals surface area contributed by atoms with Crippen LogP contribution in [0.25, 0.3) is 0 Å². The molecule has 0 N–H and O–H groups in total. The molecule has 0 aliphatic rings. The Bertz CT molecular complexity index is 667. The first-order chi connectivity index (χ1) is 10.0. The molecule has 0 radical (unpaired) electrons. The molecular formula is C16H14ClNO3. The lowest BCUT2D eigenvalue weighted by molar-refractivity contribution is 0.0601. The molecule has 1 amide bonds. The van der Waals surface area contributed by atoms with E-state index >= 15 is 0 Å². The highest BCUT2D eigenvalue weighted by molar-refractivity contribution is 6.30. The Hall–Kier alpha value is -2.33. The molecule has 2 rings (SSSR count). The first-order valence-corrected chi connectivity index (χ1v) is 6.63. The Labute approximate surface area is 127 Å². The molecule has 4 nitrogen and oxygen atoms in total. The number of halogens is 1. The SMILES string of the molecule is COC(=O)c1ccccc1N(C)C(=O)c1ccc(Cl)cc1. The number of esters is 1. The monoisotopic (exact) mass is 303 g/mol. The van der Waals surface area contributed by atoms with Crippen LogP contribution in [0.15, 0.2) is 48.5 Å². The van der Waals surface area contributed by atoms with E-state index in [1.165, 1.54) is 12.0 Å². The minimum absolute atomic E-state index is 0.233. The highest BCUT2D eigenvalue weighted by Gasteiger charge is 2.19. The molecule has 0 saturated heterocycles. The van der Waals surface area contributed by atoms with Crippen molar-refractivity contribution in [3.05, 3.63) is 64.7 Å². The Balaban J connectivity index is 2.36. The molecule has 5 heteroatoms. The number of anilines is 1. The van der Waals surface area contributed by atoms with Crippen molar-refractivity contribution in [2.24, 2.45) is 0 Å². The number of hydrogen-bond donors (Lipinski definition) is 0. The van der Waals surface area contributed by atoms with Crippen LogP contribution in [0.1, 0.15) is 20.7 Å². The maximum atomic E-state index is 12.5. The van der Waals surface area contributed by atoms with Crippen molar-refractivity contribution in [3.8, 4) is 0 Å². The number of rotatable bonds is 3. The number of amides is 1. The zero-order valence-electron chi connectivity index (χ0n) is 11.7. The predicted octanol–water partition coefficient (Wildman–Crippen LogP) is 3.40. The molecule has 0 heterocycles. The third-order valence-electron chi connectivity index (χ3n) is 3.07. The normalized spacial score (nSPS) is 10.0. The van der Waals surface area contributed by atoms with Crippen LogP contribution < -0.4 is 4.90 Å². The van der Waals surface area contributed by atoms with Crippen LogP contribution in [0.5, 0.6) is 0 Å². The highest BCUT2D eigenvalue weighted by atomic mass is 35.5. The molecule has 0 aliphatic carbocycles. The van der Waals surface area contributed by atoms with E-state index in [0.29, 0.717) is 21.8 Å². The molecular weight excluding hydrogens is 290 g/mol. The molecule has 0 unspecified atom stereocenters. The summed E-state index contributed by atoms with van der Waals surface area (Å²) >= 11 is 5.81. The summed E-state index contributed by atoms with van der Waals surface area (Å²) in [7, 11) is 2.92. The topological polar surface area (TPSA) is 46.6 Å². The quantitative estimate of drug-likeness (QED) is 0.816. The first kappa shape index (κ1) is 15.1. The van der Waals surface area contributed by atoms with Crippen LogP contribution in [0.3, 0.4) is 0 Å². The maximum absolute atomic E-state index is 12.5. The van der Waals surface area contributed by atoms with E-state index in [-0.39, 0.29) is 5.91 Å². The van der Waals surface area contributed by atoms with Crippen molar-refractivity contribution in [3.63, 3.8) is 0 Å². The van der Waals surface area contributed by atoms with Gasteiger partial charge in [-0.15, -0.1) is 0 Å². The summed E-state index contributed by atoms with van der Waals surface area (Å²) in [5.74, 6) is -0.718. The Morgan fingerprint density at radius 2 is 1.67 bits per heavy atom. The second-order valence-corrected chi connectivity index (χ2v) is 4.82. The molecule has 21 heavy (non-hydrogen) atoms. The standard InChI is InChI=1S/C16H14ClNO3/c1-18(15(19)11-7-9-12(17)10-8-11)14-6-4-3-5-13(14)16(20)21-2/h3-10H,1-2H3. The van der Waals surface area contributed by atoms with Gasteiger partial charge in [0.25, 0.3) is 5.91 Å². The van der Waals surface area contributed by atoms with E-state index in [4.69, 9.17) is 16.3 Å². The zero-order chi connectivity index (χ0) is 15.4. The van der Waals surface area contributed by atoms with E-state index in [1.54, 1.807) is 55.6 Å². The van der Waals surface area contributed by atoms with Gasteiger partial charge in [-0.2, -0.15) is 0 Å². The van der Waals surface area contributed by atoms with Gasteiger partial charge in [-0.3, -0.25) is 4.79 Å². The Morgan fingerprint density at radius 1 is 1.05 bits per heavy atom. The van der Waals surface area contributed by atoms with Crippen molar-refractivity contribution >= 4 is 29.2 Å². The lowest BCUT2D eigenvalue weighted by Gasteiger charge is -2.20. The summed E-state index contributed by atoms with van der Waals surface area (Å²) in [6.07, 6.45) is 0. The molecule has 108 valence electrons. The maximum Gasteiger partial charge on any atom is 0.339 e. The summed E-state index contributed by atoms with van der Waals surface area (Å²) in [6, 6.07) is 13.4. The Morgan fingerprint density at radius 3 is 2.29 bits per heavy atom. The summed E-state index contributed by atoms with van der Waals surface area (Å²) < 4.78 is 4.73. The van der Waals surface area contributed by atoms with Gasteiger partial charge in [-0.05, 0) is 36.4 Å². The number of ether oxygens (including phenoxy) is 1. The lowest BCUT2D eigenvalue weighted by atomic mass is 10.1. The summed E-state index contributed by atoms with van der Waals surface area (Å²) in [6.45, 7) is 0. The van der Waals surface area contributed by atoms with Gasteiger partial charge >= 0.3 is 5.97 Å². The molecule has 0 bridgehead atoms. The number of methoxy groups -OCH3 is 1. The van der Waals surface area contributed by atoms with E-state index in [2.05, 4.69) is 0 Å². The van der Waals surface area contributed by atoms with Gasteiger partial charge in [0.15, 0.2) is 0 Å². The molecule has 0 spiro atoms. The Kier molecular flexibility index (Phi) is 4.60. The highest BCUT2D eigenvalue weighted by Crippen LogP contribution is 2.22. The van der Waals surface area contributed by atoms with Crippen LogP contribution in [-0.2, 0) is 4.74 Å². The van der Waals surface area contributed by atoms with Crippen LogP contribution in [-0.4, -0.2) is 26.0 Å². The molecule has 0 fully saturated rings. The average Bonchev–Trinajstić information content (AvgIpc) is 2.53. The molecule has 0 atom stereocenters. The second-order valence-electron chi connectivity index (χ2n) is 4.38. The van der Waals surface area contributed by atoms with E-state index < -0.39 is 5.97 Å². The summed E-state index contributed by atoms with van der Waals surface area (Å²) in [5, 5.41) is 0.559. The third kappa shape index (κ3) is 3.23. The van der Waals surface area contributed by atoms with Gasteiger partial charge in [0.1, 0.15) is 0 Å². The number of hydrogen-bond acceptors (Lipinski definition) is 3. The third-order valence-corrected chi connectivity index (χ3v) is 3.32. The fraction of sp³-hybridized carbons (Fsp3) is 0.125. The minimum Gasteiger partial charge on any atom is -0.465 e. The number of para-hydroxylation sites is 1. The average molecular weight is 304 g/mol. The summed E-state index contributed by atoms with van der Waals surface area (Å²) in [5.41, 5.74) is 1.32. The first-order valence-electron chi connectivity index (χ1n) is 6.25. The van der Waals surface area contributed by atoms with E-state index in [0.717, 1.165) is 0 Å². The number of benzene rings is 2. The fourth-order valence-corrected chi connectivity index (χ4v) is 2.07. The number of nitrogens with zero attached hydrogens (tertiary/aromatic N) is 1. The van der Waals surface area contributed by atoms with Gasteiger partial charge in [0.05, 0.1) is 18.4 Å². The van der Waals surface area contributed by atoms with Crippen LogP contribution >= 0.6 is 11.6 Å². The van der Waals surface area contributed by atoms with Crippen LogP contribution in [0.2, 0.25) is 5.02 Å². The van der Waals surface area contributed by atoms with Crippen molar-refractivity contribution in [2.45, 2.75) is 0 Å². The molecule has 0 aliphatic heterocycles. The fourth-order valence-electron chi connectivity index (χ4n) is 1.94. The van der Waals surface area contributed by atoms with Crippen molar-refractivity contribution < 1.29 is 14.3 Å². The molecule has 2 aromatic rings. The van der Waals surface area contributed by atoms with Crippen molar-refractivity contribution in [1.29, 1.82) is 0 Å². The number of carbonyl (C=O) groups is 2. The minimum atomic E-state index is -0.485. The van der Waals surface area contributed by atoms with Gasteiger partial charge in [0.2, 0.25) is 0 Å². The number of carbonyl (C=O) groups excluding carboxylic acids is 2. The largest absolute Gasteiger partial charge is 0.465 e. The van der Waals surface area contributed by atoms with Gasteiger partial charge in [-0.25, -0.2) is 4.79 Å². The van der Waals surface area contributed by atoms with E-state index in [9.17, 15) is 9.59 Å². The van der Waals surface area contributed by atoms with Crippen LogP contribution in [0, 0.1) is 0 Å². The van der Waals surface area contributed by atoms with Crippen LogP contribution in [0.4, 0.5) is 5.69 Å². The lowest BCUT2D eigenvalue weighted by Crippen LogP contribution is -2.28. The van der Waals surface area contributed by atoms with Gasteiger partial charge < -0.3 is 9.64 Å². The zero-order valence-corrected chi connectivity index (χ0v) is 12.4. The van der Waals surface area contributed by atoms with Gasteiger partial charge in [-0.1, -0.05) is 23.7 Å². The second kappa shape index (κ2) is 6.41. The molecule has 2 aromatic carbocycles. The molecule has 0 aromatic heterocycles. The predicted molar refractivity (Wildman–Crippen MR) is 82.0 cm³/mol. The summed E-state index contributed by atoms with van der Waals surface area (Å²) in [4.78, 5) is 25.6.